The molecule has 1 aromatic carbocycles. The van der Waals surface area contributed by atoms with Gasteiger partial charge in [-0.05, 0) is 37.1 Å². The van der Waals surface area contributed by atoms with Crippen LogP contribution in [0.3, 0.4) is 0 Å². The quantitative estimate of drug-likeness (QED) is 0.874. The predicted molar refractivity (Wildman–Crippen MR) is 64.8 cm³/mol. The van der Waals surface area contributed by atoms with Crippen LogP contribution in [0.5, 0.6) is 5.75 Å². The van der Waals surface area contributed by atoms with Gasteiger partial charge >= 0.3 is 12.3 Å². The fourth-order valence-corrected chi connectivity index (χ4v) is 1.78. The minimum atomic E-state index is -4.79. The van der Waals surface area contributed by atoms with Crippen molar-refractivity contribution in [2.24, 2.45) is 5.41 Å². The van der Waals surface area contributed by atoms with E-state index < -0.39 is 29.4 Å². The standard InChI is InChI=1S/C13H12F3NO4/c14-13(15,16)21-9-3-1-8(2-4-9)10(18)17-7-12(5-6-12)11(19)20/h1-4H,5-7H2,(H,17,18)(H,19,20). The largest absolute Gasteiger partial charge is 0.573 e. The molecule has 1 aliphatic rings. The summed E-state index contributed by atoms with van der Waals surface area (Å²) in [6.45, 7) is 0.00195. The molecule has 1 aromatic rings. The van der Waals surface area contributed by atoms with Crippen LogP contribution >= 0.6 is 0 Å². The fraction of sp³-hybridized carbons (Fsp3) is 0.385. The van der Waals surface area contributed by atoms with Crippen molar-refractivity contribution in [1.29, 1.82) is 0 Å². The van der Waals surface area contributed by atoms with Gasteiger partial charge in [0.25, 0.3) is 5.91 Å². The third-order valence-electron chi connectivity index (χ3n) is 3.24. The average molecular weight is 303 g/mol. The molecular formula is C13H12F3NO4. The van der Waals surface area contributed by atoms with Crippen LogP contribution in [0.2, 0.25) is 0 Å². The molecule has 0 spiro atoms. The number of hydrogen-bond donors (Lipinski definition) is 2. The molecule has 1 amide bonds. The van der Waals surface area contributed by atoms with Gasteiger partial charge in [-0.3, -0.25) is 9.59 Å². The van der Waals surface area contributed by atoms with Gasteiger partial charge < -0.3 is 15.2 Å². The molecule has 1 aliphatic carbocycles. The lowest BCUT2D eigenvalue weighted by molar-refractivity contribution is -0.274. The summed E-state index contributed by atoms with van der Waals surface area (Å²) in [4.78, 5) is 22.7. The van der Waals surface area contributed by atoms with Crippen LogP contribution in [-0.4, -0.2) is 29.9 Å². The summed E-state index contributed by atoms with van der Waals surface area (Å²) in [6, 6.07) is 4.40. The maximum Gasteiger partial charge on any atom is 0.573 e. The number of halogens is 3. The lowest BCUT2D eigenvalue weighted by Crippen LogP contribution is -2.34. The molecule has 0 bridgehead atoms. The van der Waals surface area contributed by atoms with Crippen molar-refractivity contribution in [2.75, 3.05) is 6.54 Å². The Hall–Kier alpha value is -2.25. The molecule has 2 N–H and O–H groups in total. The molecular weight excluding hydrogens is 291 g/mol. The Kier molecular flexibility index (Phi) is 3.80. The summed E-state index contributed by atoms with van der Waals surface area (Å²) < 4.78 is 39.6. The van der Waals surface area contributed by atoms with E-state index in [2.05, 4.69) is 10.1 Å². The Morgan fingerprint density at radius 3 is 2.24 bits per heavy atom. The van der Waals surface area contributed by atoms with E-state index >= 15 is 0 Å². The summed E-state index contributed by atoms with van der Waals surface area (Å²) in [5.74, 6) is -1.93. The first-order valence-electron chi connectivity index (χ1n) is 6.09. The summed E-state index contributed by atoms with van der Waals surface area (Å²) >= 11 is 0. The molecule has 0 saturated heterocycles. The van der Waals surface area contributed by atoms with Crippen LogP contribution in [0, 0.1) is 5.41 Å². The molecule has 0 radical (unpaired) electrons. The number of nitrogens with one attached hydrogen (secondary N) is 1. The monoisotopic (exact) mass is 303 g/mol. The number of carbonyl (C=O) groups is 2. The van der Waals surface area contributed by atoms with E-state index in [9.17, 15) is 22.8 Å². The van der Waals surface area contributed by atoms with Gasteiger partial charge in [-0.15, -0.1) is 13.2 Å². The zero-order valence-electron chi connectivity index (χ0n) is 10.7. The number of ether oxygens (including phenoxy) is 1. The number of hydrogen-bond acceptors (Lipinski definition) is 3. The molecule has 0 unspecified atom stereocenters. The second-order valence-corrected chi connectivity index (χ2v) is 4.84. The lowest BCUT2D eigenvalue weighted by Gasteiger charge is -2.12. The zero-order valence-corrected chi connectivity index (χ0v) is 10.7. The number of aliphatic carboxylic acids is 1. The van der Waals surface area contributed by atoms with Gasteiger partial charge in [0, 0.05) is 12.1 Å². The molecule has 21 heavy (non-hydrogen) atoms. The van der Waals surface area contributed by atoms with Gasteiger partial charge in [0.05, 0.1) is 5.41 Å². The Labute approximate surface area is 117 Å². The van der Waals surface area contributed by atoms with E-state index in [0.29, 0.717) is 12.8 Å². The van der Waals surface area contributed by atoms with Crippen LogP contribution in [0.15, 0.2) is 24.3 Å². The van der Waals surface area contributed by atoms with E-state index in [4.69, 9.17) is 5.11 Å². The highest BCUT2D eigenvalue weighted by atomic mass is 19.4. The average Bonchev–Trinajstić information content (AvgIpc) is 3.16. The number of rotatable bonds is 5. The molecule has 1 saturated carbocycles. The number of alkyl halides is 3. The molecule has 114 valence electrons. The van der Waals surface area contributed by atoms with Crippen molar-refractivity contribution in [3.63, 3.8) is 0 Å². The molecule has 5 nitrogen and oxygen atoms in total. The van der Waals surface area contributed by atoms with Crippen LogP contribution in [-0.2, 0) is 4.79 Å². The summed E-state index contributed by atoms with van der Waals surface area (Å²) in [5, 5.41) is 11.4. The van der Waals surface area contributed by atoms with Crippen LogP contribution in [0.25, 0.3) is 0 Å². The Morgan fingerprint density at radius 1 is 1.24 bits per heavy atom. The van der Waals surface area contributed by atoms with Crippen molar-refractivity contribution < 1.29 is 32.6 Å². The summed E-state index contributed by atoms with van der Waals surface area (Å²) in [7, 11) is 0. The molecule has 8 heteroatoms. The molecule has 0 atom stereocenters. The number of carboxylic acids is 1. The minimum absolute atomic E-state index is 0.00195. The highest BCUT2D eigenvalue weighted by Gasteiger charge is 2.50. The third-order valence-corrected chi connectivity index (χ3v) is 3.24. The van der Waals surface area contributed by atoms with Crippen LogP contribution < -0.4 is 10.1 Å². The summed E-state index contributed by atoms with van der Waals surface area (Å²) in [5.41, 5.74) is -0.764. The first-order chi connectivity index (χ1) is 9.72. The zero-order chi connectivity index (χ0) is 15.7. The first kappa shape index (κ1) is 15.1. The molecule has 0 aliphatic heterocycles. The maximum atomic E-state index is 12.0. The van der Waals surface area contributed by atoms with Gasteiger partial charge in [-0.1, -0.05) is 0 Å². The second kappa shape index (κ2) is 5.27. The number of amides is 1. The van der Waals surface area contributed by atoms with E-state index in [0.717, 1.165) is 12.1 Å². The second-order valence-electron chi connectivity index (χ2n) is 4.84. The van der Waals surface area contributed by atoms with Gasteiger partial charge in [-0.25, -0.2) is 0 Å². The first-order valence-corrected chi connectivity index (χ1v) is 6.09. The Bertz CT molecular complexity index is 550. The highest BCUT2D eigenvalue weighted by molar-refractivity contribution is 5.94. The molecule has 0 heterocycles. The highest BCUT2D eigenvalue weighted by Crippen LogP contribution is 2.45. The fourth-order valence-electron chi connectivity index (χ4n) is 1.78. The predicted octanol–water partition coefficient (Wildman–Crippen LogP) is 2.18. The van der Waals surface area contributed by atoms with Crippen molar-refractivity contribution in [3.8, 4) is 5.75 Å². The molecule has 2 rings (SSSR count). The van der Waals surface area contributed by atoms with E-state index in [1.165, 1.54) is 12.1 Å². The number of carboxylic acid groups (broad SMARTS) is 1. The van der Waals surface area contributed by atoms with Gasteiger partial charge in [0.15, 0.2) is 0 Å². The number of carbonyl (C=O) groups excluding carboxylic acids is 1. The Balaban J connectivity index is 1.93. The molecule has 1 fully saturated rings. The van der Waals surface area contributed by atoms with Crippen molar-refractivity contribution in [1.82, 2.24) is 5.32 Å². The molecule has 0 aromatic heterocycles. The minimum Gasteiger partial charge on any atom is -0.481 e. The van der Waals surface area contributed by atoms with Crippen molar-refractivity contribution >= 4 is 11.9 Å². The maximum absolute atomic E-state index is 12.0. The lowest BCUT2D eigenvalue weighted by atomic mass is 10.1. The topological polar surface area (TPSA) is 75.6 Å². The van der Waals surface area contributed by atoms with E-state index in [1.807, 2.05) is 0 Å². The SMILES string of the molecule is O=C(NCC1(C(=O)O)CC1)c1ccc(OC(F)(F)F)cc1. The third kappa shape index (κ3) is 3.87. The van der Waals surface area contributed by atoms with E-state index in [1.54, 1.807) is 0 Å². The normalized spacial score (nSPS) is 16.1. The number of benzene rings is 1. The van der Waals surface area contributed by atoms with E-state index in [-0.39, 0.29) is 12.1 Å². The van der Waals surface area contributed by atoms with Gasteiger partial charge in [-0.2, -0.15) is 0 Å². The van der Waals surface area contributed by atoms with Crippen LogP contribution in [0.1, 0.15) is 23.2 Å². The van der Waals surface area contributed by atoms with Crippen molar-refractivity contribution in [2.45, 2.75) is 19.2 Å². The van der Waals surface area contributed by atoms with Crippen LogP contribution in [0.4, 0.5) is 13.2 Å². The van der Waals surface area contributed by atoms with Gasteiger partial charge in [0.1, 0.15) is 5.75 Å². The Morgan fingerprint density at radius 2 is 1.81 bits per heavy atom. The summed E-state index contributed by atoms with van der Waals surface area (Å²) in [6.07, 6.45) is -3.79. The van der Waals surface area contributed by atoms with Crippen molar-refractivity contribution in [3.05, 3.63) is 29.8 Å². The smallest absolute Gasteiger partial charge is 0.481 e. The van der Waals surface area contributed by atoms with Gasteiger partial charge in [0.2, 0.25) is 0 Å².